The Morgan fingerprint density at radius 1 is 1.61 bits per heavy atom. The topological polar surface area (TPSA) is 64.3 Å². The quantitative estimate of drug-likeness (QED) is 0.450. The number of thioether (sulfide) groups is 1. The molecule has 3 N–H and O–H groups in total. The lowest BCUT2D eigenvalue weighted by molar-refractivity contribution is -0.118. The maximum absolute atomic E-state index is 11.4. The molecule has 0 spiro atoms. The van der Waals surface area contributed by atoms with E-state index in [1.807, 2.05) is 19.1 Å². The van der Waals surface area contributed by atoms with Gasteiger partial charge in [0.15, 0.2) is 0 Å². The third kappa shape index (κ3) is 4.71. The van der Waals surface area contributed by atoms with Crippen molar-refractivity contribution in [2.24, 2.45) is 0 Å². The molecule has 98 valence electrons. The Morgan fingerprint density at radius 2 is 2.39 bits per heavy atom. The molecule has 0 fully saturated rings. The van der Waals surface area contributed by atoms with Crippen LogP contribution in [0.2, 0.25) is 0 Å². The van der Waals surface area contributed by atoms with E-state index in [1.54, 1.807) is 12.1 Å². The third-order valence-electron chi connectivity index (χ3n) is 2.10. The van der Waals surface area contributed by atoms with Gasteiger partial charge in [0.05, 0.1) is 12.4 Å². The Morgan fingerprint density at radius 3 is 3.06 bits per heavy atom. The Kier molecular flexibility index (Phi) is 6.14. The third-order valence-corrected chi connectivity index (χ3v) is 3.17. The van der Waals surface area contributed by atoms with Crippen LogP contribution in [0.5, 0.6) is 5.75 Å². The number of hydrogen-bond acceptors (Lipinski definition) is 4. The molecule has 5 heteroatoms. The summed E-state index contributed by atoms with van der Waals surface area (Å²) in [5, 5.41) is 2.71. The normalized spacial score (nSPS) is 9.83. The zero-order valence-corrected chi connectivity index (χ0v) is 11.3. The highest BCUT2D eigenvalue weighted by atomic mass is 32.2. The van der Waals surface area contributed by atoms with Gasteiger partial charge in [0.1, 0.15) is 5.75 Å². The van der Waals surface area contributed by atoms with Crippen molar-refractivity contribution in [2.45, 2.75) is 11.8 Å². The van der Waals surface area contributed by atoms with Crippen LogP contribution in [0.1, 0.15) is 6.92 Å². The first-order valence-electron chi connectivity index (χ1n) is 5.70. The number of rotatable bonds is 7. The van der Waals surface area contributed by atoms with Crippen molar-refractivity contribution in [3.63, 3.8) is 0 Å². The number of hydrogen-bond donors (Lipinski definition) is 2. The Balaban J connectivity index is 2.57. The van der Waals surface area contributed by atoms with E-state index in [-0.39, 0.29) is 5.91 Å². The fourth-order valence-electron chi connectivity index (χ4n) is 1.28. The van der Waals surface area contributed by atoms with Crippen molar-refractivity contribution in [2.75, 3.05) is 24.6 Å². The van der Waals surface area contributed by atoms with Crippen molar-refractivity contribution in [1.82, 2.24) is 5.32 Å². The molecule has 0 heterocycles. The molecule has 0 aliphatic carbocycles. The minimum atomic E-state index is -0.0406. The van der Waals surface area contributed by atoms with E-state index >= 15 is 0 Å². The van der Waals surface area contributed by atoms with E-state index in [1.165, 1.54) is 11.8 Å². The summed E-state index contributed by atoms with van der Waals surface area (Å²) in [6.07, 6.45) is 1.65. The highest BCUT2D eigenvalue weighted by Crippen LogP contribution is 2.29. The highest BCUT2D eigenvalue weighted by molar-refractivity contribution is 8.00. The van der Waals surface area contributed by atoms with Crippen molar-refractivity contribution in [3.05, 3.63) is 30.9 Å². The van der Waals surface area contributed by atoms with Crippen molar-refractivity contribution in [3.8, 4) is 5.75 Å². The average molecular weight is 266 g/mol. The summed E-state index contributed by atoms with van der Waals surface area (Å²) in [5.74, 6) is 1.05. The summed E-state index contributed by atoms with van der Waals surface area (Å²) in [6.45, 7) is 6.55. The molecule has 1 amide bonds. The number of benzene rings is 1. The molecule has 0 aliphatic rings. The molecule has 0 unspecified atom stereocenters. The predicted octanol–water partition coefficient (Wildman–Crippen LogP) is 2.06. The molecule has 0 saturated carbocycles. The van der Waals surface area contributed by atoms with Gasteiger partial charge in [0.2, 0.25) is 5.91 Å². The van der Waals surface area contributed by atoms with Gasteiger partial charge in [-0.3, -0.25) is 4.79 Å². The van der Waals surface area contributed by atoms with Crippen LogP contribution < -0.4 is 15.8 Å². The molecule has 1 aromatic rings. The van der Waals surface area contributed by atoms with E-state index in [2.05, 4.69) is 11.9 Å². The number of carbonyl (C=O) groups is 1. The van der Waals surface area contributed by atoms with Crippen LogP contribution in [-0.2, 0) is 4.79 Å². The van der Waals surface area contributed by atoms with E-state index < -0.39 is 0 Å². The molecule has 0 radical (unpaired) electrons. The summed E-state index contributed by atoms with van der Waals surface area (Å²) in [5.41, 5.74) is 6.50. The molecule has 1 aromatic carbocycles. The second-order valence-electron chi connectivity index (χ2n) is 3.51. The number of ether oxygens (including phenoxy) is 1. The van der Waals surface area contributed by atoms with Gasteiger partial charge in [-0.1, -0.05) is 6.08 Å². The van der Waals surface area contributed by atoms with E-state index in [4.69, 9.17) is 10.5 Å². The minimum Gasteiger partial charge on any atom is -0.494 e. The second-order valence-corrected chi connectivity index (χ2v) is 4.53. The van der Waals surface area contributed by atoms with Crippen LogP contribution in [0, 0.1) is 0 Å². The first kappa shape index (κ1) is 14.4. The molecule has 1 rings (SSSR count). The van der Waals surface area contributed by atoms with Crippen LogP contribution >= 0.6 is 11.8 Å². The largest absolute Gasteiger partial charge is 0.494 e. The fourth-order valence-corrected chi connectivity index (χ4v) is 2.10. The lowest BCUT2D eigenvalue weighted by Crippen LogP contribution is -2.24. The van der Waals surface area contributed by atoms with Crippen LogP contribution in [0.3, 0.4) is 0 Å². The summed E-state index contributed by atoms with van der Waals surface area (Å²) in [7, 11) is 0. The Bertz CT molecular complexity index is 421. The lowest BCUT2D eigenvalue weighted by Gasteiger charge is -2.08. The van der Waals surface area contributed by atoms with E-state index in [0.29, 0.717) is 24.6 Å². The van der Waals surface area contributed by atoms with Crippen molar-refractivity contribution < 1.29 is 9.53 Å². The molecular formula is C13H18N2O2S. The van der Waals surface area contributed by atoms with E-state index in [9.17, 15) is 4.79 Å². The molecule has 0 saturated heterocycles. The number of carbonyl (C=O) groups excluding carboxylic acids is 1. The minimum absolute atomic E-state index is 0.0406. The predicted molar refractivity (Wildman–Crippen MR) is 76.0 cm³/mol. The first-order chi connectivity index (χ1) is 8.67. The van der Waals surface area contributed by atoms with Gasteiger partial charge in [-0.25, -0.2) is 0 Å². The second kappa shape index (κ2) is 7.66. The van der Waals surface area contributed by atoms with E-state index in [0.717, 1.165) is 10.6 Å². The molecule has 0 bridgehead atoms. The van der Waals surface area contributed by atoms with Gasteiger partial charge in [-0.15, -0.1) is 18.3 Å². The maximum atomic E-state index is 11.4. The average Bonchev–Trinajstić information content (AvgIpc) is 2.37. The van der Waals surface area contributed by atoms with Crippen LogP contribution in [0.25, 0.3) is 0 Å². The molecule has 18 heavy (non-hydrogen) atoms. The van der Waals surface area contributed by atoms with Crippen LogP contribution in [0.4, 0.5) is 5.69 Å². The number of anilines is 1. The summed E-state index contributed by atoms with van der Waals surface area (Å²) >= 11 is 1.39. The number of amides is 1. The smallest absolute Gasteiger partial charge is 0.230 e. The zero-order chi connectivity index (χ0) is 13.4. The summed E-state index contributed by atoms with van der Waals surface area (Å²) in [4.78, 5) is 12.3. The Labute approximate surface area is 112 Å². The highest BCUT2D eigenvalue weighted by Gasteiger charge is 2.06. The maximum Gasteiger partial charge on any atom is 0.230 e. The van der Waals surface area contributed by atoms with Gasteiger partial charge in [0.25, 0.3) is 0 Å². The standard InChI is InChI=1S/C13H18N2O2S/c1-3-7-15-13(16)9-18-12-8-10(17-4-2)5-6-11(12)14/h3,5-6,8H,1,4,7,9,14H2,2H3,(H,15,16). The number of nitrogens with one attached hydrogen (secondary N) is 1. The Hall–Kier alpha value is -1.62. The van der Waals surface area contributed by atoms with Crippen molar-refractivity contribution in [1.29, 1.82) is 0 Å². The number of nitrogen functional groups attached to an aromatic ring is 1. The van der Waals surface area contributed by atoms with Crippen LogP contribution in [0.15, 0.2) is 35.7 Å². The van der Waals surface area contributed by atoms with Crippen molar-refractivity contribution >= 4 is 23.4 Å². The van der Waals surface area contributed by atoms with Gasteiger partial charge in [-0.2, -0.15) is 0 Å². The molecular weight excluding hydrogens is 248 g/mol. The first-order valence-corrected chi connectivity index (χ1v) is 6.68. The van der Waals surface area contributed by atoms with Crippen LogP contribution in [-0.4, -0.2) is 24.8 Å². The summed E-state index contributed by atoms with van der Waals surface area (Å²) in [6, 6.07) is 5.46. The molecule has 0 aromatic heterocycles. The zero-order valence-electron chi connectivity index (χ0n) is 10.4. The van der Waals surface area contributed by atoms with Gasteiger partial charge in [-0.05, 0) is 25.1 Å². The monoisotopic (exact) mass is 266 g/mol. The molecule has 0 aliphatic heterocycles. The fraction of sp³-hybridized carbons (Fsp3) is 0.308. The SMILES string of the molecule is C=CCNC(=O)CSc1cc(OCC)ccc1N. The van der Waals surface area contributed by atoms with Gasteiger partial charge < -0.3 is 15.8 Å². The molecule has 4 nitrogen and oxygen atoms in total. The van der Waals surface area contributed by atoms with Gasteiger partial charge in [0, 0.05) is 17.1 Å². The number of nitrogens with two attached hydrogens (primary N) is 1. The lowest BCUT2D eigenvalue weighted by atomic mass is 10.3. The molecule has 0 atom stereocenters. The van der Waals surface area contributed by atoms with Gasteiger partial charge >= 0.3 is 0 Å². The summed E-state index contributed by atoms with van der Waals surface area (Å²) < 4.78 is 5.39.